The highest BCUT2D eigenvalue weighted by Crippen LogP contribution is 2.33. The summed E-state index contributed by atoms with van der Waals surface area (Å²) in [5.74, 6) is -2.14. The molecule has 0 saturated heterocycles. The highest BCUT2D eigenvalue weighted by atomic mass is 35.5. The second kappa shape index (κ2) is 7.02. The number of nitrogens with zero attached hydrogens (tertiary/aromatic N) is 5. The van der Waals surface area contributed by atoms with Crippen molar-refractivity contribution < 1.29 is 13.6 Å². The summed E-state index contributed by atoms with van der Waals surface area (Å²) in [6, 6.07) is 9.26. The van der Waals surface area contributed by atoms with Crippen LogP contribution in [0.4, 0.5) is 8.78 Å². The van der Waals surface area contributed by atoms with Gasteiger partial charge in [0, 0.05) is 18.7 Å². The normalized spacial score (nSPS) is 12.7. The van der Waals surface area contributed by atoms with Crippen LogP contribution in [0, 0.1) is 23.0 Å². The van der Waals surface area contributed by atoms with Gasteiger partial charge in [-0.15, -0.1) is 5.10 Å². The van der Waals surface area contributed by atoms with Crippen LogP contribution in [0.2, 0.25) is 5.02 Å². The van der Waals surface area contributed by atoms with Gasteiger partial charge in [-0.2, -0.15) is 5.26 Å². The van der Waals surface area contributed by atoms with Gasteiger partial charge in [0.15, 0.2) is 11.6 Å². The fourth-order valence-electron chi connectivity index (χ4n) is 3.14. The smallest absolute Gasteiger partial charge is 0.252 e. The zero-order valence-corrected chi connectivity index (χ0v) is 15.1. The van der Waals surface area contributed by atoms with Gasteiger partial charge in [-0.1, -0.05) is 23.7 Å². The molecule has 0 atom stereocenters. The molecule has 0 saturated carbocycles. The van der Waals surface area contributed by atoms with Crippen LogP contribution in [-0.2, 0) is 24.4 Å². The van der Waals surface area contributed by atoms with Gasteiger partial charge >= 0.3 is 0 Å². The van der Waals surface area contributed by atoms with Crippen molar-refractivity contribution in [2.45, 2.75) is 19.6 Å². The third-order valence-corrected chi connectivity index (χ3v) is 4.85. The molecule has 0 fully saturated rings. The first-order chi connectivity index (χ1) is 13.4. The Morgan fingerprint density at radius 3 is 2.68 bits per heavy atom. The predicted octanol–water partition coefficient (Wildman–Crippen LogP) is 3.29. The third kappa shape index (κ3) is 3.32. The Morgan fingerprint density at radius 2 is 1.93 bits per heavy atom. The van der Waals surface area contributed by atoms with Crippen LogP contribution in [0.3, 0.4) is 0 Å². The minimum absolute atomic E-state index is 0.00515. The summed E-state index contributed by atoms with van der Waals surface area (Å²) in [4.78, 5) is 17.9. The van der Waals surface area contributed by atoms with E-state index < -0.39 is 11.6 Å². The van der Waals surface area contributed by atoms with Crippen LogP contribution in [-0.4, -0.2) is 25.6 Å². The lowest BCUT2D eigenvalue weighted by Crippen LogP contribution is -2.29. The quantitative estimate of drug-likeness (QED) is 0.633. The molecule has 0 unspecified atom stereocenters. The van der Waals surface area contributed by atoms with Crippen molar-refractivity contribution in [2.75, 3.05) is 0 Å². The molecular formula is C19H12ClF2N5O. The van der Waals surface area contributed by atoms with Crippen LogP contribution in [0.25, 0.3) is 11.1 Å². The number of fused-ring (bicyclic) bond motifs is 1. The summed E-state index contributed by atoms with van der Waals surface area (Å²) in [7, 11) is 0. The van der Waals surface area contributed by atoms with Crippen molar-refractivity contribution in [1.29, 1.82) is 5.26 Å². The van der Waals surface area contributed by atoms with Crippen LogP contribution < -0.4 is 0 Å². The molecule has 0 aliphatic carbocycles. The van der Waals surface area contributed by atoms with E-state index in [2.05, 4.69) is 10.1 Å². The number of halogens is 3. The van der Waals surface area contributed by atoms with Gasteiger partial charge < -0.3 is 4.90 Å². The summed E-state index contributed by atoms with van der Waals surface area (Å²) in [6.45, 7) is 0.785. The lowest BCUT2D eigenvalue weighted by atomic mass is 10.0. The van der Waals surface area contributed by atoms with Gasteiger partial charge in [-0.3, -0.25) is 4.79 Å². The molecule has 0 spiro atoms. The van der Waals surface area contributed by atoms with Crippen LogP contribution in [0.1, 0.15) is 17.0 Å². The Balaban J connectivity index is 1.53. The van der Waals surface area contributed by atoms with Gasteiger partial charge in [0.05, 0.1) is 5.02 Å². The predicted molar refractivity (Wildman–Crippen MR) is 95.8 cm³/mol. The van der Waals surface area contributed by atoms with Gasteiger partial charge in [0.1, 0.15) is 18.9 Å². The number of aromatic nitrogens is 3. The lowest BCUT2D eigenvalue weighted by Gasteiger charge is -2.14. The monoisotopic (exact) mass is 399 g/mol. The maximum absolute atomic E-state index is 13.6. The maximum Gasteiger partial charge on any atom is 0.252 e. The van der Waals surface area contributed by atoms with Crippen LogP contribution >= 0.6 is 11.6 Å². The molecule has 1 amide bonds. The van der Waals surface area contributed by atoms with Crippen molar-refractivity contribution in [2.24, 2.45) is 0 Å². The molecule has 6 nitrogen and oxygen atoms in total. The molecule has 2 heterocycles. The molecule has 0 bridgehead atoms. The van der Waals surface area contributed by atoms with Crippen molar-refractivity contribution in [3.63, 3.8) is 0 Å². The lowest BCUT2D eigenvalue weighted by molar-refractivity contribution is -0.132. The molecule has 28 heavy (non-hydrogen) atoms. The standard InChI is InChI=1S/C19H12ClF2N5O/c20-15-5-17(22)16(21)4-14(15)11-1-2-12-7-26(8-13(12)3-11)19(28)9-27-10-24-18(6-23)25-27/h1-5,10H,7-9H2. The Kier molecular flexibility index (Phi) is 4.53. The van der Waals surface area contributed by atoms with Gasteiger partial charge in [-0.25, -0.2) is 18.4 Å². The van der Waals surface area contributed by atoms with E-state index in [0.29, 0.717) is 24.2 Å². The Bertz CT molecular complexity index is 1140. The van der Waals surface area contributed by atoms with Crippen LogP contribution in [0.5, 0.6) is 0 Å². The van der Waals surface area contributed by atoms with E-state index in [1.165, 1.54) is 11.0 Å². The molecule has 2 aromatic carbocycles. The molecule has 4 rings (SSSR count). The average Bonchev–Trinajstić information content (AvgIpc) is 3.30. The maximum atomic E-state index is 13.6. The second-order valence-corrected chi connectivity index (χ2v) is 6.76. The Morgan fingerprint density at radius 1 is 1.18 bits per heavy atom. The molecule has 0 radical (unpaired) electrons. The highest BCUT2D eigenvalue weighted by molar-refractivity contribution is 6.33. The summed E-state index contributed by atoms with van der Waals surface area (Å²) < 4.78 is 28.2. The zero-order chi connectivity index (χ0) is 19.8. The number of hydrogen-bond donors (Lipinski definition) is 0. The minimum atomic E-state index is -1.00. The minimum Gasteiger partial charge on any atom is -0.332 e. The van der Waals surface area contributed by atoms with E-state index in [4.69, 9.17) is 16.9 Å². The van der Waals surface area contributed by atoms with E-state index in [1.807, 2.05) is 18.2 Å². The molecule has 0 N–H and O–H groups in total. The number of carbonyl (C=O) groups excluding carboxylic acids is 1. The number of hydrogen-bond acceptors (Lipinski definition) is 4. The van der Waals surface area contributed by atoms with Gasteiger partial charge in [-0.05, 0) is 34.9 Å². The number of benzene rings is 2. The van der Waals surface area contributed by atoms with Gasteiger partial charge in [0.2, 0.25) is 5.91 Å². The van der Waals surface area contributed by atoms with E-state index in [1.54, 1.807) is 11.0 Å². The van der Waals surface area contributed by atoms with Crippen molar-refractivity contribution in [1.82, 2.24) is 19.7 Å². The summed E-state index contributed by atoms with van der Waals surface area (Å²) in [5, 5.41) is 12.7. The van der Waals surface area contributed by atoms with Crippen LogP contribution in [0.15, 0.2) is 36.7 Å². The zero-order valence-electron chi connectivity index (χ0n) is 14.4. The molecule has 3 aromatic rings. The Hall–Kier alpha value is -3.31. The molecule has 1 aromatic heterocycles. The number of rotatable bonds is 3. The van der Waals surface area contributed by atoms with Crippen molar-refractivity contribution in [3.05, 3.63) is 70.3 Å². The first-order valence-electron chi connectivity index (χ1n) is 8.28. The number of carbonyl (C=O) groups is 1. The summed E-state index contributed by atoms with van der Waals surface area (Å²) in [6.07, 6.45) is 1.34. The largest absolute Gasteiger partial charge is 0.332 e. The third-order valence-electron chi connectivity index (χ3n) is 4.54. The second-order valence-electron chi connectivity index (χ2n) is 6.36. The SMILES string of the molecule is N#Cc1ncn(CC(=O)N2Cc3ccc(-c4cc(F)c(F)cc4Cl)cc3C2)n1. The number of amides is 1. The van der Waals surface area contributed by atoms with E-state index in [-0.39, 0.29) is 23.3 Å². The molecule has 140 valence electrons. The first-order valence-corrected chi connectivity index (χ1v) is 8.66. The van der Waals surface area contributed by atoms with Crippen molar-refractivity contribution >= 4 is 17.5 Å². The topological polar surface area (TPSA) is 74.8 Å². The van der Waals surface area contributed by atoms with E-state index in [0.717, 1.165) is 23.3 Å². The fraction of sp³-hybridized carbons (Fsp3) is 0.158. The van der Waals surface area contributed by atoms with Gasteiger partial charge in [0.25, 0.3) is 5.82 Å². The first kappa shape index (κ1) is 18.1. The number of nitriles is 1. The van der Waals surface area contributed by atoms with E-state index in [9.17, 15) is 13.6 Å². The van der Waals surface area contributed by atoms with E-state index >= 15 is 0 Å². The summed E-state index contributed by atoms with van der Waals surface area (Å²) in [5.41, 5.74) is 2.90. The molecule has 1 aliphatic rings. The fourth-order valence-corrected chi connectivity index (χ4v) is 3.40. The Labute approximate surface area is 163 Å². The molecular weight excluding hydrogens is 388 g/mol. The molecule has 9 heteroatoms. The summed E-state index contributed by atoms with van der Waals surface area (Å²) >= 11 is 6.06. The average molecular weight is 400 g/mol. The van der Waals surface area contributed by atoms with Crippen molar-refractivity contribution in [3.8, 4) is 17.2 Å². The molecule has 1 aliphatic heterocycles. The highest BCUT2D eigenvalue weighted by Gasteiger charge is 2.24.